The zero-order valence-electron chi connectivity index (χ0n) is 12.8. The number of amides is 1. The SMILES string of the molecule is CN(C)CCCNC(=O)c1ccc(N2CCOCC2)cn1. The average Bonchev–Trinajstić information content (AvgIpc) is 2.52. The van der Waals surface area contributed by atoms with Crippen LogP contribution in [0.4, 0.5) is 5.69 Å². The minimum atomic E-state index is -0.109. The van der Waals surface area contributed by atoms with Crippen LogP contribution in [0.5, 0.6) is 0 Å². The fraction of sp³-hybridized carbons (Fsp3) is 0.600. The predicted octanol–water partition coefficient (Wildman–Crippen LogP) is 0.600. The zero-order valence-corrected chi connectivity index (χ0v) is 12.8. The molecule has 0 saturated carbocycles. The van der Waals surface area contributed by atoms with Gasteiger partial charge in [-0.25, -0.2) is 4.98 Å². The third-order valence-electron chi connectivity index (χ3n) is 3.42. The van der Waals surface area contributed by atoms with E-state index in [0.29, 0.717) is 12.2 Å². The molecule has 0 unspecified atom stereocenters. The van der Waals surface area contributed by atoms with Gasteiger partial charge in [0.15, 0.2) is 0 Å². The second-order valence-corrected chi connectivity index (χ2v) is 5.41. The van der Waals surface area contributed by atoms with E-state index in [1.807, 2.05) is 20.2 Å². The van der Waals surface area contributed by atoms with Crippen molar-refractivity contribution in [2.75, 3.05) is 58.4 Å². The summed E-state index contributed by atoms with van der Waals surface area (Å²) in [6.07, 6.45) is 2.70. The van der Waals surface area contributed by atoms with Gasteiger partial charge in [-0.15, -0.1) is 0 Å². The van der Waals surface area contributed by atoms with Crippen molar-refractivity contribution in [1.29, 1.82) is 0 Å². The molecule has 2 heterocycles. The molecule has 116 valence electrons. The number of hydrogen-bond acceptors (Lipinski definition) is 5. The van der Waals surface area contributed by atoms with Crippen molar-refractivity contribution in [2.45, 2.75) is 6.42 Å². The fourth-order valence-corrected chi connectivity index (χ4v) is 2.22. The fourth-order valence-electron chi connectivity index (χ4n) is 2.22. The Kier molecular flexibility index (Phi) is 5.95. The van der Waals surface area contributed by atoms with Crippen molar-refractivity contribution in [3.63, 3.8) is 0 Å². The van der Waals surface area contributed by atoms with E-state index < -0.39 is 0 Å². The number of pyridine rings is 1. The first-order chi connectivity index (χ1) is 10.2. The first-order valence-electron chi connectivity index (χ1n) is 7.38. The van der Waals surface area contributed by atoms with E-state index in [2.05, 4.69) is 20.1 Å². The molecule has 1 aromatic heterocycles. The molecule has 1 aliphatic heterocycles. The Morgan fingerprint density at radius 3 is 2.76 bits per heavy atom. The minimum absolute atomic E-state index is 0.109. The lowest BCUT2D eigenvalue weighted by Crippen LogP contribution is -2.36. The maximum atomic E-state index is 12.0. The third kappa shape index (κ3) is 4.99. The van der Waals surface area contributed by atoms with Crippen LogP contribution in [0.2, 0.25) is 0 Å². The lowest BCUT2D eigenvalue weighted by Gasteiger charge is -2.28. The van der Waals surface area contributed by atoms with Crippen molar-refractivity contribution in [1.82, 2.24) is 15.2 Å². The van der Waals surface area contributed by atoms with Crippen LogP contribution in [0.15, 0.2) is 18.3 Å². The molecule has 0 aliphatic carbocycles. The van der Waals surface area contributed by atoms with Gasteiger partial charge < -0.3 is 19.9 Å². The molecule has 6 nitrogen and oxygen atoms in total. The summed E-state index contributed by atoms with van der Waals surface area (Å²) < 4.78 is 5.33. The Morgan fingerprint density at radius 2 is 2.14 bits per heavy atom. The van der Waals surface area contributed by atoms with Crippen molar-refractivity contribution < 1.29 is 9.53 Å². The van der Waals surface area contributed by atoms with Crippen molar-refractivity contribution in [2.24, 2.45) is 0 Å². The Balaban J connectivity index is 1.82. The lowest BCUT2D eigenvalue weighted by atomic mass is 10.2. The van der Waals surface area contributed by atoms with E-state index >= 15 is 0 Å². The molecule has 0 bridgehead atoms. The standard InChI is InChI=1S/C15H24N4O2/c1-18(2)7-3-6-16-15(20)14-5-4-13(12-17-14)19-8-10-21-11-9-19/h4-5,12H,3,6-11H2,1-2H3,(H,16,20). The molecule has 1 amide bonds. The van der Waals surface area contributed by atoms with Gasteiger partial charge in [0.05, 0.1) is 25.1 Å². The van der Waals surface area contributed by atoms with E-state index in [4.69, 9.17) is 4.74 Å². The Hall–Kier alpha value is -1.66. The lowest BCUT2D eigenvalue weighted by molar-refractivity contribution is 0.0947. The molecule has 6 heteroatoms. The number of nitrogens with one attached hydrogen (secondary N) is 1. The quantitative estimate of drug-likeness (QED) is 0.778. The summed E-state index contributed by atoms with van der Waals surface area (Å²) in [5, 5.41) is 2.89. The molecule has 0 radical (unpaired) electrons. The van der Waals surface area contributed by atoms with Crippen LogP contribution in [-0.2, 0) is 4.74 Å². The Morgan fingerprint density at radius 1 is 1.38 bits per heavy atom. The normalized spacial score (nSPS) is 15.3. The van der Waals surface area contributed by atoms with Gasteiger partial charge in [-0.3, -0.25) is 4.79 Å². The molecule has 21 heavy (non-hydrogen) atoms. The number of ether oxygens (including phenoxy) is 1. The van der Waals surface area contributed by atoms with Crippen LogP contribution in [0.3, 0.4) is 0 Å². The smallest absolute Gasteiger partial charge is 0.269 e. The van der Waals surface area contributed by atoms with Gasteiger partial charge >= 0.3 is 0 Å². The van der Waals surface area contributed by atoms with Crippen molar-refractivity contribution in [3.8, 4) is 0 Å². The topological polar surface area (TPSA) is 57.7 Å². The summed E-state index contributed by atoms with van der Waals surface area (Å²) >= 11 is 0. The number of morpholine rings is 1. The van der Waals surface area contributed by atoms with Gasteiger partial charge in [0.1, 0.15) is 5.69 Å². The number of carbonyl (C=O) groups is 1. The van der Waals surface area contributed by atoms with Gasteiger partial charge in [-0.05, 0) is 39.2 Å². The molecule has 0 atom stereocenters. The average molecular weight is 292 g/mol. The van der Waals surface area contributed by atoms with Gasteiger partial charge in [-0.2, -0.15) is 0 Å². The van der Waals surface area contributed by atoms with E-state index in [1.165, 1.54) is 0 Å². The number of rotatable bonds is 6. The molecule has 0 spiro atoms. The summed E-state index contributed by atoms with van der Waals surface area (Å²) in [6.45, 7) is 4.87. The summed E-state index contributed by atoms with van der Waals surface area (Å²) in [7, 11) is 4.04. The van der Waals surface area contributed by atoms with E-state index in [1.54, 1.807) is 12.3 Å². The highest BCUT2D eigenvalue weighted by molar-refractivity contribution is 5.92. The predicted molar refractivity (Wildman–Crippen MR) is 82.8 cm³/mol. The molecular weight excluding hydrogens is 268 g/mol. The number of aromatic nitrogens is 1. The van der Waals surface area contributed by atoms with E-state index in [0.717, 1.165) is 45.0 Å². The van der Waals surface area contributed by atoms with Crippen LogP contribution < -0.4 is 10.2 Å². The van der Waals surface area contributed by atoms with E-state index in [9.17, 15) is 4.79 Å². The molecule has 1 N–H and O–H groups in total. The van der Waals surface area contributed by atoms with Gasteiger partial charge in [0, 0.05) is 19.6 Å². The molecule has 1 aliphatic rings. The van der Waals surface area contributed by atoms with Gasteiger partial charge in [-0.1, -0.05) is 0 Å². The van der Waals surface area contributed by atoms with Crippen LogP contribution in [-0.4, -0.2) is 69.3 Å². The van der Waals surface area contributed by atoms with Crippen LogP contribution in [0.1, 0.15) is 16.9 Å². The summed E-state index contributed by atoms with van der Waals surface area (Å²) in [5.41, 5.74) is 1.51. The third-order valence-corrected chi connectivity index (χ3v) is 3.42. The molecule has 2 rings (SSSR count). The summed E-state index contributed by atoms with van der Waals surface area (Å²) in [5.74, 6) is -0.109. The molecular formula is C15H24N4O2. The number of hydrogen-bond donors (Lipinski definition) is 1. The molecule has 1 saturated heterocycles. The first-order valence-corrected chi connectivity index (χ1v) is 7.38. The largest absolute Gasteiger partial charge is 0.378 e. The van der Waals surface area contributed by atoms with Gasteiger partial charge in [0.2, 0.25) is 0 Å². The van der Waals surface area contributed by atoms with Gasteiger partial charge in [0.25, 0.3) is 5.91 Å². The maximum absolute atomic E-state index is 12.0. The summed E-state index contributed by atoms with van der Waals surface area (Å²) in [6, 6.07) is 3.74. The first kappa shape index (κ1) is 15.7. The second-order valence-electron chi connectivity index (χ2n) is 5.41. The van der Waals surface area contributed by atoms with E-state index in [-0.39, 0.29) is 5.91 Å². The monoisotopic (exact) mass is 292 g/mol. The maximum Gasteiger partial charge on any atom is 0.269 e. The highest BCUT2D eigenvalue weighted by atomic mass is 16.5. The van der Waals surface area contributed by atoms with Crippen LogP contribution >= 0.6 is 0 Å². The zero-order chi connectivity index (χ0) is 15.1. The Bertz CT molecular complexity index is 441. The number of anilines is 1. The van der Waals surface area contributed by atoms with Crippen molar-refractivity contribution >= 4 is 11.6 Å². The van der Waals surface area contributed by atoms with Crippen LogP contribution in [0.25, 0.3) is 0 Å². The number of carbonyl (C=O) groups excluding carboxylic acids is 1. The van der Waals surface area contributed by atoms with Crippen molar-refractivity contribution in [3.05, 3.63) is 24.0 Å². The molecule has 0 aromatic carbocycles. The van der Waals surface area contributed by atoms with Crippen LogP contribution in [0, 0.1) is 0 Å². The Labute approximate surface area is 126 Å². The molecule has 1 aromatic rings. The highest BCUT2D eigenvalue weighted by Crippen LogP contribution is 2.14. The minimum Gasteiger partial charge on any atom is -0.378 e. The molecule has 1 fully saturated rings. The number of nitrogens with zero attached hydrogens (tertiary/aromatic N) is 3. The summed E-state index contributed by atoms with van der Waals surface area (Å²) in [4.78, 5) is 20.5. The second kappa shape index (κ2) is 7.95. The highest BCUT2D eigenvalue weighted by Gasteiger charge is 2.12.